The molecule has 0 radical (unpaired) electrons. The second-order valence-electron chi connectivity index (χ2n) is 3.04. The van der Waals surface area contributed by atoms with Crippen LogP contribution in [0, 0.1) is 24.2 Å². The van der Waals surface area contributed by atoms with Crippen LogP contribution in [0.5, 0.6) is 0 Å². The molecule has 0 aromatic heterocycles. The minimum Gasteiger partial charge on any atom is -0.330 e. The molecule has 1 rings (SSSR count). The molecule has 0 bridgehead atoms. The summed E-state index contributed by atoms with van der Waals surface area (Å²) in [4.78, 5) is 11.1. The fourth-order valence-corrected chi connectivity index (χ4v) is 1.77. The number of carbonyl (C=O) groups excluding carboxylic acids is 1. The summed E-state index contributed by atoms with van der Waals surface area (Å²) in [6.45, 7) is 0.595. The molecule has 60 valence electrons. The van der Waals surface area contributed by atoms with E-state index in [2.05, 4.69) is 5.92 Å². The molecule has 1 aliphatic carbocycles. The highest BCUT2D eigenvalue weighted by molar-refractivity contribution is 5.97. The number of carbonyl (C=O) groups is 1. The van der Waals surface area contributed by atoms with Gasteiger partial charge in [0, 0.05) is 5.92 Å². The van der Waals surface area contributed by atoms with Gasteiger partial charge in [0.1, 0.15) is 0 Å². The van der Waals surface area contributed by atoms with Crippen LogP contribution in [0.25, 0.3) is 0 Å². The normalized spacial score (nSPS) is 29.8. The first-order valence-corrected chi connectivity index (χ1v) is 4.00. The van der Waals surface area contributed by atoms with Gasteiger partial charge in [-0.15, -0.1) is 6.42 Å². The summed E-state index contributed by atoms with van der Waals surface area (Å²) in [5.74, 6) is 2.53. The molecule has 0 aliphatic heterocycles. The molecule has 0 spiro atoms. The second-order valence-corrected chi connectivity index (χ2v) is 3.04. The maximum atomic E-state index is 11.1. The van der Waals surface area contributed by atoms with Crippen LogP contribution in [-0.2, 0) is 4.79 Å². The molecule has 0 unspecified atom stereocenters. The second kappa shape index (κ2) is 3.54. The van der Waals surface area contributed by atoms with Gasteiger partial charge in [-0.3, -0.25) is 4.79 Å². The molecule has 2 atom stereocenters. The Bertz CT molecular complexity index is 192. The van der Waals surface area contributed by atoms with Gasteiger partial charge < -0.3 is 5.73 Å². The number of hydrogen-bond donors (Lipinski definition) is 1. The molecule has 1 saturated carbocycles. The van der Waals surface area contributed by atoms with Gasteiger partial charge >= 0.3 is 0 Å². The van der Waals surface area contributed by atoms with Gasteiger partial charge in [-0.1, -0.05) is 6.42 Å². The Morgan fingerprint density at radius 2 is 2.36 bits per heavy atom. The molecular weight excluding hydrogens is 138 g/mol. The summed E-state index contributed by atoms with van der Waals surface area (Å²) in [5.41, 5.74) is 5.50. The van der Waals surface area contributed by atoms with Gasteiger partial charge in [-0.25, -0.2) is 0 Å². The Kier molecular flexibility index (Phi) is 2.67. The molecule has 2 nitrogen and oxygen atoms in total. The zero-order chi connectivity index (χ0) is 8.27. The third-order valence-electron chi connectivity index (χ3n) is 2.44. The van der Waals surface area contributed by atoms with Crippen LogP contribution in [-0.4, -0.2) is 12.3 Å². The molecule has 2 heteroatoms. The molecule has 1 fully saturated rings. The predicted molar refractivity (Wildman–Crippen MR) is 43.7 cm³/mol. The number of nitrogens with two attached hydrogens (primary N) is 1. The Balaban J connectivity index is 2.58. The van der Waals surface area contributed by atoms with Crippen molar-refractivity contribution in [2.24, 2.45) is 17.6 Å². The number of terminal acetylenes is 1. The van der Waals surface area contributed by atoms with E-state index in [1.165, 1.54) is 0 Å². The number of ketones is 1. The molecule has 0 saturated heterocycles. The van der Waals surface area contributed by atoms with Crippen LogP contribution in [0.3, 0.4) is 0 Å². The fraction of sp³-hybridized carbons (Fsp3) is 0.667. The largest absolute Gasteiger partial charge is 0.330 e. The van der Waals surface area contributed by atoms with Gasteiger partial charge in [0.05, 0.1) is 0 Å². The molecule has 0 aromatic carbocycles. The zero-order valence-corrected chi connectivity index (χ0v) is 6.55. The molecule has 2 N–H and O–H groups in total. The molecule has 11 heavy (non-hydrogen) atoms. The molecule has 0 amide bonds. The summed E-state index contributed by atoms with van der Waals surface area (Å²) in [5, 5.41) is 0. The maximum Gasteiger partial charge on any atom is 0.208 e. The SMILES string of the molecule is C#CC(=O)[C@H]1CCC[C@H]1CN. The summed E-state index contributed by atoms with van der Waals surface area (Å²) >= 11 is 0. The summed E-state index contributed by atoms with van der Waals surface area (Å²) in [6, 6.07) is 0. The van der Waals surface area contributed by atoms with Gasteiger partial charge in [0.25, 0.3) is 0 Å². The van der Waals surface area contributed by atoms with E-state index in [-0.39, 0.29) is 11.7 Å². The van der Waals surface area contributed by atoms with E-state index in [0.29, 0.717) is 12.5 Å². The van der Waals surface area contributed by atoms with Crippen molar-refractivity contribution < 1.29 is 4.79 Å². The first kappa shape index (κ1) is 8.29. The monoisotopic (exact) mass is 151 g/mol. The van der Waals surface area contributed by atoms with Crippen molar-refractivity contribution in [1.82, 2.24) is 0 Å². The highest BCUT2D eigenvalue weighted by Gasteiger charge is 2.30. The molecule has 0 aromatic rings. The first-order valence-electron chi connectivity index (χ1n) is 4.00. The van der Waals surface area contributed by atoms with E-state index in [1.807, 2.05) is 0 Å². The average molecular weight is 151 g/mol. The Labute approximate surface area is 67.2 Å². The van der Waals surface area contributed by atoms with Gasteiger partial charge in [0.2, 0.25) is 5.78 Å². The van der Waals surface area contributed by atoms with Crippen LogP contribution in [0.1, 0.15) is 19.3 Å². The smallest absolute Gasteiger partial charge is 0.208 e. The Morgan fingerprint density at radius 1 is 1.64 bits per heavy atom. The number of Topliss-reactive ketones (excluding diaryl/α,β-unsaturated/α-hetero) is 1. The predicted octanol–water partition coefficient (Wildman–Crippen LogP) is 0.564. The standard InChI is InChI=1S/C9H13NO/c1-2-9(11)8-5-3-4-7(8)6-10/h1,7-8H,3-6,10H2/t7-,8-/m0/s1. The van der Waals surface area contributed by atoms with Crippen molar-refractivity contribution in [3.05, 3.63) is 0 Å². The van der Waals surface area contributed by atoms with Gasteiger partial charge in [-0.05, 0) is 31.2 Å². The van der Waals surface area contributed by atoms with E-state index >= 15 is 0 Å². The van der Waals surface area contributed by atoms with Crippen LogP contribution >= 0.6 is 0 Å². The third kappa shape index (κ3) is 1.61. The Morgan fingerprint density at radius 3 is 2.91 bits per heavy atom. The Hall–Kier alpha value is -0.810. The van der Waals surface area contributed by atoms with Gasteiger partial charge in [-0.2, -0.15) is 0 Å². The van der Waals surface area contributed by atoms with Gasteiger partial charge in [0.15, 0.2) is 0 Å². The summed E-state index contributed by atoms with van der Waals surface area (Å²) in [6.07, 6.45) is 8.13. The van der Waals surface area contributed by atoms with Crippen molar-refractivity contribution in [2.75, 3.05) is 6.54 Å². The van der Waals surface area contributed by atoms with Crippen molar-refractivity contribution >= 4 is 5.78 Å². The number of hydrogen-bond acceptors (Lipinski definition) is 2. The van der Waals surface area contributed by atoms with Crippen molar-refractivity contribution in [3.63, 3.8) is 0 Å². The summed E-state index contributed by atoms with van der Waals surface area (Å²) in [7, 11) is 0. The minimum absolute atomic E-state index is 0.0575. The lowest BCUT2D eigenvalue weighted by molar-refractivity contribution is -0.118. The van der Waals surface area contributed by atoms with Crippen LogP contribution in [0.15, 0.2) is 0 Å². The average Bonchev–Trinajstić information content (AvgIpc) is 2.50. The van der Waals surface area contributed by atoms with Crippen LogP contribution in [0.4, 0.5) is 0 Å². The van der Waals surface area contributed by atoms with Crippen LogP contribution < -0.4 is 5.73 Å². The lowest BCUT2D eigenvalue weighted by Gasteiger charge is -2.12. The zero-order valence-electron chi connectivity index (χ0n) is 6.55. The topological polar surface area (TPSA) is 43.1 Å². The minimum atomic E-state index is -0.0575. The highest BCUT2D eigenvalue weighted by atomic mass is 16.1. The van der Waals surface area contributed by atoms with E-state index < -0.39 is 0 Å². The lowest BCUT2D eigenvalue weighted by Crippen LogP contribution is -2.24. The first-order chi connectivity index (χ1) is 5.29. The van der Waals surface area contributed by atoms with E-state index in [9.17, 15) is 4.79 Å². The molecule has 1 aliphatic rings. The van der Waals surface area contributed by atoms with E-state index in [1.54, 1.807) is 0 Å². The summed E-state index contributed by atoms with van der Waals surface area (Å²) < 4.78 is 0. The molecule has 0 heterocycles. The van der Waals surface area contributed by atoms with E-state index in [4.69, 9.17) is 12.2 Å². The number of rotatable bonds is 2. The molecular formula is C9H13NO. The quantitative estimate of drug-likeness (QED) is 0.463. The fourth-order valence-electron chi connectivity index (χ4n) is 1.77. The maximum absolute atomic E-state index is 11.1. The lowest BCUT2D eigenvalue weighted by atomic mass is 9.92. The van der Waals surface area contributed by atoms with Crippen molar-refractivity contribution in [3.8, 4) is 12.3 Å². The highest BCUT2D eigenvalue weighted by Crippen LogP contribution is 2.31. The van der Waals surface area contributed by atoms with Crippen molar-refractivity contribution in [1.29, 1.82) is 0 Å². The van der Waals surface area contributed by atoms with E-state index in [0.717, 1.165) is 19.3 Å². The van der Waals surface area contributed by atoms with Crippen LogP contribution in [0.2, 0.25) is 0 Å². The van der Waals surface area contributed by atoms with Crippen molar-refractivity contribution in [2.45, 2.75) is 19.3 Å². The third-order valence-corrected chi connectivity index (χ3v) is 2.44.